The van der Waals surface area contributed by atoms with Gasteiger partial charge in [-0.15, -0.1) is 0 Å². The van der Waals surface area contributed by atoms with E-state index in [1.807, 2.05) is 30.3 Å². The molecule has 1 heterocycles. The molecule has 6 nitrogen and oxygen atoms in total. The van der Waals surface area contributed by atoms with Gasteiger partial charge in [-0.1, -0.05) is 24.3 Å². The van der Waals surface area contributed by atoms with Crippen molar-refractivity contribution in [3.05, 3.63) is 83.9 Å². The zero-order valence-electron chi connectivity index (χ0n) is 15.9. The van der Waals surface area contributed by atoms with Crippen molar-refractivity contribution in [2.24, 2.45) is 0 Å². The lowest BCUT2D eigenvalue weighted by Crippen LogP contribution is -2.19. The van der Waals surface area contributed by atoms with Crippen LogP contribution in [0.5, 0.6) is 0 Å². The van der Waals surface area contributed by atoms with E-state index < -0.39 is 10.0 Å². The van der Waals surface area contributed by atoms with Crippen LogP contribution in [0.15, 0.2) is 77.7 Å². The van der Waals surface area contributed by atoms with Crippen LogP contribution in [0.1, 0.15) is 15.9 Å². The minimum absolute atomic E-state index is 0.0516. The summed E-state index contributed by atoms with van der Waals surface area (Å²) in [5.41, 5.74) is 4.54. The van der Waals surface area contributed by atoms with E-state index >= 15 is 0 Å². The van der Waals surface area contributed by atoms with Gasteiger partial charge in [0.15, 0.2) is 0 Å². The molecule has 0 saturated heterocycles. The van der Waals surface area contributed by atoms with E-state index in [-0.39, 0.29) is 16.4 Å². The quantitative estimate of drug-likeness (QED) is 0.678. The third kappa shape index (κ3) is 3.87. The van der Waals surface area contributed by atoms with Gasteiger partial charge >= 0.3 is 0 Å². The number of rotatable bonds is 5. The minimum atomic E-state index is -3.60. The Morgan fingerprint density at radius 2 is 1.72 bits per heavy atom. The Morgan fingerprint density at radius 1 is 0.966 bits per heavy atom. The van der Waals surface area contributed by atoms with Crippen LogP contribution < -0.4 is 14.9 Å². The summed E-state index contributed by atoms with van der Waals surface area (Å²) in [6.45, 7) is 0.928. The number of carbonyl (C=O) groups excluding carboxylic acids is 1. The lowest BCUT2D eigenvalue weighted by Gasteiger charge is -2.20. The molecule has 0 radical (unpaired) electrons. The number of carbonyl (C=O) groups is 1. The Morgan fingerprint density at radius 3 is 2.48 bits per heavy atom. The van der Waals surface area contributed by atoms with Gasteiger partial charge in [0.2, 0.25) is 10.0 Å². The largest absolute Gasteiger partial charge is 0.341 e. The molecule has 3 aromatic rings. The average molecular weight is 407 g/mol. The van der Waals surface area contributed by atoms with Crippen LogP contribution in [0.2, 0.25) is 0 Å². The first-order chi connectivity index (χ1) is 14.0. The molecule has 29 heavy (non-hydrogen) atoms. The summed E-state index contributed by atoms with van der Waals surface area (Å²) >= 11 is 0. The Hall–Kier alpha value is -3.16. The maximum atomic E-state index is 12.5. The number of fused-ring (bicyclic) bond motifs is 1. The van der Waals surface area contributed by atoms with E-state index in [2.05, 4.69) is 33.1 Å². The number of sulfonamides is 1. The number of hydrogen-bond acceptors (Lipinski definition) is 4. The van der Waals surface area contributed by atoms with Gasteiger partial charge in [0.25, 0.3) is 5.91 Å². The molecule has 0 aliphatic carbocycles. The van der Waals surface area contributed by atoms with E-state index in [0.717, 1.165) is 18.7 Å². The zero-order valence-corrected chi connectivity index (χ0v) is 16.7. The van der Waals surface area contributed by atoms with Crippen LogP contribution in [0.4, 0.5) is 17.1 Å². The molecule has 4 rings (SSSR count). The first-order valence-electron chi connectivity index (χ1n) is 9.28. The molecule has 0 aromatic heterocycles. The molecule has 0 spiro atoms. The SMILES string of the molecule is CNS(=O)(=O)c1cccc(C(=O)Nc2ccc(N3CCc4ccccc43)cc2)c1. The minimum Gasteiger partial charge on any atom is -0.341 e. The third-order valence-electron chi connectivity index (χ3n) is 5.00. The smallest absolute Gasteiger partial charge is 0.255 e. The Balaban J connectivity index is 1.50. The topological polar surface area (TPSA) is 78.5 Å². The van der Waals surface area contributed by atoms with Crippen LogP contribution in [0.3, 0.4) is 0 Å². The first-order valence-corrected chi connectivity index (χ1v) is 10.8. The van der Waals surface area contributed by atoms with Crippen molar-refractivity contribution in [1.82, 2.24) is 4.72 Å². The Labute approximate surface area is 170 Å². The van der Waals surface area contributed by atoms with Crippen molar-refractivity contribution in [3.8, 4) is 0 Å². The van der Waals surface area contributed by atoms with Gasteiger partial charge in [-0.2, -0.15) is 0 Å². The highest BCUT2D eigenvalue weighted by atomic mass is 32.2. The van der Waals surface area contributed by atoms with Crippen molar-refractivity contribution in [2.45, 2.75) is 11.3 Å². The number of nitrogens with zero attached hydrogens (tertiary/aromatic N) is 1. The lowest BCUT2D eigenvalue weighted by atomic mass is 10.2. The highest BCUT2D eigenvalue weighted by Crippen LogP contribution is 2.34. The summed E-state index contributed by atoms with van der Waals surface area (Å²) in [7, 11) is -2.27. The van der Waals surface area contributed by atoms with Crippen LogP contribution in [0, 0.1) is 0 Å². The maximum absolute atomic E-state index is 12.5. The van der Waals surface area contributed by atoms with E-state index in [4.69, 9.17) is 0 Å². The van der Waals surface area contributed by atoms with E-state index in [9.17, 15) is 13.2 Å². The van der Waals surface area contributed by atoms with E-state index in [1.54, 1.807) is 12.1 Å². The molecule has 7 heteroatoms. The number of nitrogens with one attached hydrogen (secondary N) is 2. The monoisotopic (exact) mass is 407 g/mol. The number of hydrogen-bond donors (Lipinski definition) is 2. The van der Waals surface area contributed by atoms with Gasteiger partial charge < -0.3 is 10.2 Å². The first kappa shape index (κ1) is 19.2. The second-order valence-corrected chi connectivity index (χ2v) is 8.65. The van der Waals surface area contributed by atoms with Crippen LogP contribution in [-0.4, -0.2) is 27.9 Å². The molecule has 2 N–H and O–H groups in total. The molecular formula is C22H21N3O3S. The Kier molecular flexibility index (Phi) is 5.08. The summed E-state index contributed by atoms with van der Waals surface area (Å²) in [4.78, 5) is 14.9. The third-order valence-corrected chi connectivity index (χ3v) is 6.41. The standard InChI is InChI=1S/C22H21N3O3S/c1-23-29(27,28)20-7-4-6-17(15-20)22(26)24-18-9-11-19(12-10-18)25-14-13-16-5-2-3-8-21(16)25/h2-12,15,23H,13-14H2,1H3,(H,24,26). The van der Waals surface area contributed by atoms with Crippen molar-refractivity contribution < 1.29 is 13.2 Å². The predicted molar refractivity (Wildman–Crippen MR) is 114 cm³/mol. The second-order valence-electron chi connectivity index (χ2n) is 6.77. The van der Waals surface area contributed by atoms with Crippen molar-refractivity contribution in [2.75, 3.05) is 23.8 Å². The molecule has 0 unspecified atom stereocenters. The summed E-state index contributed by atoms with van der Waals surface area (Å²) in [6.07, 6.45) is 1.01. The zero-order chi connectivity index (χ0) is 20.4. The van der Waals surface area contributed by atoms with E-state index in [1.165, 1.54) is 30.4 Å². The highest BCUT2D eigenvalue weighted by molar-refractivity contribution is 7.89. The van der Waals surface area contributed by atoms with Crippen molar-refractivity contribution in [3.63, 3.8) is 0 Å². The van der Waals surface area contributed by atoms with Gasteiger partial charge in [-0.25, -0.2) is 13.1 Å². The molecule has 1 amide bonds. The summed E-state index contributed by atoms with van der Waals surface area (Å²) < 4.78 is 26.1. The fraction of sp³-hybridized carbons (Fsp3) is 0.136. The van der Waals surface area contributed by atoms with Crippen LogP contribution in [0.25, 0.3) is 0 Å². The predicted octanol–water partition coefficient (Wildman–Crippen LogP) is 3.54. The second kappa shape index (κ2) is 7.69. The van der Waals surface area contributed by atoms with Crippen molar-refractivity contribution in [1.29, 1.82) is 0 Å². The molecule has 0 saturated carbocycles. The fourth-order valence-corrected chi connectivity index (χ4v) is 4.23. The maximum Gasteiger partial charge on any atom is 0.255 e. The van der Waals surface area contributed by atoms with Crippen molar-refractivity contribution >= 4 is 33.0 Å². The average Bonchev–Trinajstić information content (AvgIpc) is 3.18. The molecule has 1 aliphatic heterocycles. The normalized spacial score (nSPS) is 13.2. The number of anilines is 3. The van der Waals surface area contributed by atoms with E-state index in [0.29, 0.717) is 5.69 Å². The van der Waals surface area contributed by atoms with Crippen LogP contribution >= 0.6 is 0 Å². The van der Waals surface area contributed by atoms with Gasteiger partial charge in [0.05, 0.1) is 4.90 Å². The summed E-state index contributed by atoms with van der Waals surface area (Å²) in [6, 6.07) is 21.9. The molecule has 0 atom stereocenters. The van der Waals surface area contributed by atoms with Crippen LogP contribution in [-0.2, 0) is 16.4 Å². The van der Waals surface area contributed by atoms with Gasteiger partial charge in [-0.05, 0) is 67.6 Å². The van der Waals surface area contributed by atoms with Gasteiger partial charge in [-0.3, -0.25) is 4.79 Å². The molecule has 148 valence electrons. The Bertz CT molecular complexity index is 1160. The summed E-state index contributed by atoms with van der Waals surface area (Å²) in [5.74, 6) is -0.363. The highest BCUT2D eigenvalue weighted by Gasteiger charge is 2.19. The lowest BCUT2D eigenvalue weighted by molar-refractivity contribution is 0.102. The fourth-order valence-electron chi connectivity index (χ4n) is 3.46. The molecule has 0 bridgehead atoms. The molecule has 3 aromatic carbocycles. The van der Waals surface area contributed by atoms with Gasteiger partial charge in [0.1, 0.15) is 0 Å². The molecule has 1 aliphatic rings. The summed E-state index contributed by atoms with van der Waals surface area (Å²) in [5, 5.41) is 2.82. The molecule has 0 fully saturated rings. The number of para-hydroxylation sites is 1. The number of benzene rings is 3. The van der Waals surface area contributed by atoms with Gasteiger partial charge in [0, 0.05) is 29.2 Å². The molecular weight excluding hydrogens is 386 g/mol. The number of amides is 1.